The second kappa shape index (κ2) is 8.33. The molecule has 5 rings (SSSR count). The monoisotopic (exact) mass is 460 g/mol. The van der Waals surface area contributed by atoms with Crippen LogP contribution < -0.4 is 5.32 Å². The third-order valence-electron chi connectivity index (χ3n) is 5.61. The predicted molar refractivity (Wildman–Crippen MR) is 127 cm³/mol. The Morgan fingerprint density at radius 1 is 1.06 bits per heavy atom. The molecule has 1 saturated carbocycles. The summed E-state index contributed by atoms with van der Waals surface area (Å²) in [6, 6.07) is 16.2. The molecule has 1 aliphatic carbocycles. The number of benzene rings is 2. The molecule has 2 aromatic heterocycles. The summed E-state index contributed by atoms with van der Waals surface area (Å²) in [5.74, 6) is -0.259. The number of hydrogen-bond acceptors (Lipinski definition) is 5. The van der Waals surface area contributed by atoms with Crippen LogP contribution >= 0.6 is 11.6 Å². The lowest BCUT2D eigenvalue weighted by Gasteiger charge is -2.13. The van der Waals surface area contributed by atoms with Gasteiger partial charge < -0.3 is 14.7 Å². The van der Waals surface area contributed by atoms with Crippen molar-refractivity contribution in [3.63, 3.8) is 0 Å². The topological polar surface area (TPSA) is 88.3 Å². The highest BCUT2D eigenvalue weighted by molar-refractivity contribution is 6.34. The molecule has 0 bridgehead atoms. The summed E-state index contributed by atoms with van der Waals surface area (Å²) in [6.07, 6.45) is 2.07. The molecule has 0 spiro atoms. The number of hydrogen-bond donors (Lipinski definition) is 1. The van der Waals surface area contributed by atoms with Gasteiger partial charge in [-0.15, -0.1) is 0 Å². The molecule has 1 fully saturated rings. The van der Waals surface area contributed by atoms with Gasteiger partial charge in [0.2, 0.25) is 0 Å². The fraction of sp³-hybridized carbons (Fsp3) is 0.200. The van der Waals surface area contributed by atoms with E-state index < -0.39 is 0 Å². The molecular formula is C25H21ClN4O3. The van der Waals surface area contributed by atoms with Gasteiger partial charge in [0, 0.05) is 37.0 Å². The first kappa shape index (κ1) is 21.2. The largest absolute Gasteiger partial charge is 0.345 e. The number of halogens is 1. The number of carbonyl (C=O) groups is 2. The van der Waals surface area contributed by atoms with E-state index in [1.165, 1.54) is 4.90 Å². The van der Waals surface area contributed by atoms with Gasteiger partial charge in [0.25, 0.3) is 17.5 Å². The molecular weight excluding hydrogens is 440 g/mol. The Hall–Kier alpha value is -3.71. The minimum atomic E-state index is -0.338. The quantitative estimate of drug-likeness (QED) is 0.432. The highest BCUT2D eigenvalue weighted by atomic mass is 35.5. The number of carbonyl (C=O) groups excluding carboxylic acids is 2. The summed E-state index contributed by atoms with van der Waals surface area (Å²) in [5.41, 5.74) is 3.75. The van der Waals surface area contributed by atoms with E-state index in [1.807, 2.05) is 36.4 Å². The fourth-order valence-corrected chi connectivity index (χ4v) is 3.94. The molecule has 2 aromatic carbocycles. The summed E-state index contributed by atoms with van der Waals surface area (Å²) in [5, 5.41) is 8.00. The third kappa shape index (κ3) is 4.07. The van der Waals surface area contributed by atoms with Crippen LogP contribution in [0.15, 0.2) is 59.1 Å². The van der Waals surface area contributed by atoms with Gasteiger partial charge in [-0.1, -0.05) is 47.1 Å². The minimum absolute atomic E-state index is 0.246. The van der Waals surface area contributed by atoms with E-state index in [0.717, 1.165) is 24.1 Å². The van der Waals surface area contributed by atoms with Crippen molar-refractivity contribution < 1.29 is 14.1 Å². The molecule has 0 radical (unpaired) electrons. The summed E-state index contributed by atoms with van der Waals surface area (Å²) in [6.45, 7) is 0. The molecule has 2 heterocycles. The number of aromatic nitrogens is 2. The van der Waals surface area contributed by atoms with Gasteiger partial charge in [-0.2, -0.15) is 0 Å². The van der Waals surface area contributed by atoms with Crippen LogP contribution in [0.1, 0.15) is 45.2 Å². The first-order valence-corrected chi connectivity index (χ1v) is 11.0. The minimum Gasteiger partial charge on any atom is -0.345 e. The number of fused-ring (bicyclic) bond motifs is 1. The van der Waals surface area contributed by atoms with E-state index in [2.05, 4.69) is 15.5 Å². The van der Waals surface area contributed by atoms with Crippen LogP contribution in [0.2, 0.25) is 5.02 Å². The van der Waals surface area contributed by atoms with Crippen LogP contribution in [0.4, 0.5) is 5.69 Å². The van der Waals surface area contributed by atoms with Gasteiger partial charge >= 0.3 is 0 Å². The van der Waals surface area contributed by atoms with Crippen molar-refractivity contribution in [2.75, 3.05) is 19.4 Å². The zero-order chi connectivity index (χ0) is 23.1. The number of anilines is 1. The Morgan fingerprint density at radius 3 is 2.52 bits per heavy atom. The molecule has 1 aliphatic rings. The van der Waals surface area contributed by atoms with Crippen molar-refractivity contribution in [2.45, 2.75) is 18.8 Å². The molecule has 7 nitrogen and oxygen atoms in total. The molecule has 0 saturated heterocycles. The SMILES string of the molecule is CN(C)C(=O)c1cc(NC(=O)c2cc(C3CC3)nc3onc(-c4ccccc4)c23)ccc1Cl. The highest BCUT2D eigenvalue weighted by Gasteiger charge is 2.29. The number of nitrogens with one attached hydrogen (secondary N) is 1. The van der Waals surface area contributed by atoms with Gasteiger partial charge in [-0.05, 0) is 37.1 Å². The Morgan fingerprint density at radius 2 is 1.82 bits per heavy atom. The van der Waals surface area contributed by atoms with Crippen LogP contribution in [0, 0.1) is 0 Å². The van der Waals surface area contributed by atoms with Crippen molar-refractivity contribution in [1.29, 1.82) is 0 Å². The zero-order valence-electron chi connectivity index (χ0n) is 18.1. The van der Waals surface area contributed by atoms with Gasteiger partial charge in [0.15, 0.2) is 0 Å². The maximum Gasteiger partial charge on any atom is 0.259 e. The second-order valence-electron chi connectivity index (χ2n) is 8.29. The lowest BCUT2D eigenvalue weighted by atomic mass is 10.0. The number of pyridine rings is 1. The van der Waals surface area contributed by atoms with Gasteiger partial charge in [0.05, 0.1) is 21.5 Å². The summed E-state index contributed by atoms with van der Waals surface area (Å²) in [4.78, 5) is 32.0. The van der Waals surface area contributed by atoms with Gasteiger partial charge in [-0.25, -0.2) is 4.98 Å². The highest BCUT2D eigenvalue weighted by Crippen LogP contribution is 2.41. The Kier molecular flexibility index (Phi) is 5.34. The Balaban J connectivity index is 1.58. The van der Waals surface area contributed by atoms with Gasteiger partial charge in [0.1, 0.15) is 5.69 Å². The molecule has 0 unspecified atom stereocenters. The molecule has 0 atom stereocenters. The smallest absolute Gasteiger partial charge is 0.259 e. The summed E-state index contributed by atoms with van der Waals surface area (Å²) >= 11 is 6.21. The second-order valence-corrected chi connectivity index (χ2v) is 8.70. The van der Waals surface area contributed by atoms with Crippen LogP contribution in [0.5, 0.6) is 0 Å². The molecule has 166 valence electrons. The normalized spacial score (nSPS) is 13.2. The maximum atomic E-state index is 13.5. The van der Waals surface area contributed by atoms with E-state index >= 15 is 0 Å². The number of nitrogens with zero attached hydrogens (tertiary/aromatic N) is 3. The Labute approximate surface area is 195 Å². The molecule has 2 amide bonds. The molecule has 1 N–H and O–H groups in total. The lowest BCUT2D eigenvalue weighted by molar-refractivity contribution is 0.0827. The number of rotatable bonds is 5. The standard InChI is InChI=1S/C25H21ClN4O3/c1-30(2)25(32)17-12-16(10-11-19(17)26)27-23(31)18-13-20(14-8-9-14)28-24-21(18)22(29-33-24)15-6-4-3-5-7-15/h3-7,10-14H,8-9H2,1-2H3,(H,27,31). The summed E-state index contributed by atoms with van der Waals surface area (Å²) < 4.78 is 5.55. The average Bonchev–Trinajstić information content (AvgIpc) is 3.58. The third-order valence-corrected chi connectivity index (χ3v) is 5.94. The first-order chi connectivity index (χ1) is 15.9. The number of amides is 2. The van der Waals surface area contributed by atoms with Crippen LogP contribution in [-0.2, 0) is 0 Å². The first-order valence-electron chi connectivity index (χ1n) is 10.6. The van der Waals surface area contributed by atoms with Crippen molar-refractivity contribution in [3.05, 3.63) is 76.4 Å². The van der Waals surface area contributed by atoms with Gasteiger partial charge in [-0.3, -0.25) is 9.59 Å². The molecule has 0 aliphatic heterocycles. The van der Waals surface area contributed by atoms with E-state index in [0.29, 0.717) is 44.5 Å². The van der Waals surface area contributed by atoms with Crippen molar-refractivity contribution in [3.8, 4) is 11.3 Å². The van der Waals surface area contributed by atoms with Crippen LogP contribution in [-0.4, -0.2) is 41.0 Å². The van der Waals surface area contributed by atoms with E-state index in [9.17, 15) is 9.59 Å². The van der Waals surface area contributed by atoms with Crippen molar-refractivity contribution in [2.24, 2.45) is 0 Å². The van der Waals surface area contributed by atoms with Crippen molar-refractivity contribution >= 4 is 40.2 Å². The van der Waals surface area contributed by atoms with Crippen LogP contribution in [0.3, 0.4) is 0 Å². The van der Waals surface area contributed by atoms with Crippen molar-refractivity contribution in [1.82, 2.24) is 15.0 Å². The van der Waals surface area contributed by atoms with Crippen LogP contribution in [0.25, 0.3) is 22.4 Å². The van der Waals surface area contributed by atoms with E-state index in [1.54, 1.807) is 32.3 Å². The lowest BCUT2D eigenvalue weighted by Crippen LogP contribution is -2.22. The van der Waals surface area contributed by atoms with E-state index in [-0.39, 0.29) is 11.8 Å². The Bertz CT molecular complexity index is 1380. The summed E-state index contributed by atoms with van der Waals surface area (Å²) in [7, 11) is 3.29. The maximum absolute atomic E-state index is 13.5. The molecule has 33 heavy (non-hydrogen) atoms. The van der Waals surface area contributed by atoms with E-state index in [4.69, 9.17) is 16.1 Å². The fourth-order valence-electron chi connectivity index (χ4n) is 3.74. The average molecular weight is 461 g/mol. The molecule has 4 aromatic rings. The molecule has 8 heteroatoms. The zero-order valence-corrected chi connectivity index (χ0v) is 18.9. The predicted octanol–water partition coefficient (Wildman–Crippen LogP) is 5.37.